The predicted molar refractivity (Wildman–Crippen MR) is 186 cm³/mol. The van der Waals surface area contributed by atoms with Crippen LogP contribution in [0.1, 0.15) is 95.7 Å². The van der Waals surface area contributed by atoms with Gasteiger partial charge in [0.15, 0.2) is 0 Å². The molecule has 8 nitrogen and oxygen atoms in total. The number of likely N-dealkylation sites (tertiary alicyclic amines) is 1. The summed E-state index contributed by atoms with van der Waals surface area (Å²) in [5.41, 5.74) is 3.39. The van der Waals surface area contributed by atoms with Crippen LogP contribution in [0.25, 0.3) is 10.8 Å². The molecule has 2 aliphatic rings. The number of ether oxygens (including phenoxy) is 1. The lowest BCUT2D eigenvalue weighted by molar-refractivity contribution is 0.0153. The highest BCUT2D eigenvalue weighted by Gasteiger charge is 2.40. The number of hydrogen-bond donors (Lipinski definition) is 0. The van der Waals surface area contributed by atoms with Crippen LogP contribution in [0, 0.1) is 5.92 Å². The van der Waals surface area contributed by atoms with Crippen LogP contribution in [0.2, 0.25) is 18.1 Å². The minimum atomic E-state index is -3.64. The number of piperidine rings is 1. The third-order valence-corrected chi connectivity index (χ3v) is 15.2. The third kappa shape index (κ3) is 7.28. The van der Waals surface area contributed by atoms with E-state index in [1.54, 1.807) is 4.90 Å². The highest BCUT2D eigenvalue weighted by molar-refractivity contribution is 7.90. The van der Waals surface area contributed by atoms with Gasteiger partial charge >= 0.3 is 6.09 Å². The molecule has 1 fully saturated rings. The SMILES string of the molecule is C[C@@H]1CN(C(=O)OC(C)(C)C)CCC1c1nc(S(C)(=O)=O)nc2c1CCC(c1cc(O[Si](C)(C)C(C)(C)C)cc3ccccc13)C2. The molecular formula is C36H51N3O5SSi. The van der Waals surface area contributed by atoms with Gasteiger partial charge in [-0.2, -0.15) is 0 Å². The van der Waals surface area contributed by atoms with Gasteiger partial charge in [0.1, 0.15) is 11.4 Å². The maximum atomic E-state index is 12.9. The largest absolute Gasteiger partial charge is 0.543 e. The fourth-order valence-electron chi connectivity index (χ4n) is 6.56. The topological polar surface area (TPSA) is 98.7 Å². The summed E-state index contributed by atoms with van der Waals surface area (Å²) >= 11 is 0. The number of carbonyl (C=O) groups is 1. The van der Waals surface area contributed by atoms with Crippen molar-refractivity contribution in [1.29, 1.82) is 0 Å². The van der Waals surface area contributed by atoms with Crippen LogP contribution in [-0.4, -0.2) is 62.6 Å². The Morgan fingerprint density at radius 3 is 2.35 bits per heavy atom. The van der Waals surface area contributed by atoms with Gasteiger partial charge in [0.05, 0.1) is 5.69 Å². The standard InChI is InChI=1S/C36H51N3O5SSi/c1-23-22-39(34(40)43-35(2,3)4)18-17-27(23)32-29-16-15-25(20-31(29)37-33(38-32)45(8,41)42)30-21-26(44-46(9,10)36(5,6)7)19-24-13-11-12-14-28(24)30/h11-14,19,21,23,25,27H,15-18,20,22H2,1-10H3/t23-,25?,27?/m1/s1. The van der Waals surface area contributed by atoms with E-state index >= 15 is 0 Å². The molecule has 3 atom stereocenters. The van der Waals surface area contributed by atoms with Crippen molar-refractivity contribution in [2.45, 2.75) is 115 Å². The summed E-state index contributed by atoms with van der Waals surface area (Å²) in [7, 11) is -5.71. The Labute approximate surface area is 276 Å². The fraction of sp³-hybridized carbons (Fsp3) is 0.583. The molecule has 0 spiro atoms. The molecule has 2 heterocycles. The molecule has 3 aromatic rings. The van der Waals surface area contributed by atoms with Gasteiger partial charge in [0.2, 0.25) is 23.3 Å². The van der Waals surface area contributed by atoms with E-state index in [4.69, 9.17) is 19.1 Å². The molecule has 1 aliphatic heterocycles. The molecule has 1 aromatic heterocycles. The first-order valence-corrected chi connectivity index (χ1v) is 21.3. The number of sulfone groups is 1. The molecule has 0 N–H and O–H groups in total. The first-order valence-electron chi connectivity index (χ1n) is 16.5. The van der Waals surface area contributed by atoms with Crippen molar-refractivity contribution in [1.82, 2.24) is 14.9 Å². The monoisotopic (exact) mass is 665 g/mol. The lowest BCUT2D eigenvalue weighted by Gasteiger charge is -2.39. The molecule has 0 radical (unpaired) electrons. The average molecular weight is 666 g/mol. The van der Waals surface area contributed by atoms with Crippen molar-refractivity contribution in [2.75, 3.05) is 19.3 Å². The molecule has 2 aromatic carbocycles. The van der Waals surface area contributed by atoms with Crippen molar-refractivity contribution >= 4 is 35.0 Å². The van der Waals surface area contributed by atoms with Crippen LogP contribution < -0.4 is 4.43 Å². The lowest BCUT2D eigenvalue weighted by Crippen LogP contribution is -2.45. The molecule has 1 saturated heterocycles. The molecule has 1 amide bonds. The second-order valence-electron chi connectivity index (χ2n) is 15.9. The summed E-state index contributed by atoms with van der Waals surface area (Å²) in [5.74, 6) is 1.16. The number of fused-ring (bicyclic) bond motifs is 2. The normalized spacial score (nSPS) is 21.2. The first kappa shape index (κ1) is 34.4. The van der Waals surface area contributed by atoms with E-state index in [1.807, 2.05) is 20.8 Å². The molecule has 0 bridgehead atoms. The zero-order valence-corrected chi connectivity index (χ0v) is 31.0. The Morgan fingerprint density at radius 2 is 1.72 bits per heavy atom. The zero-order valence-electron chi connectivity index (χ0n) is 29.2. The molecule has 10 heteroatoms. The Kier molecular flexibility index (Phi) is 9.14. The van der Waals surface area contributed by atoms with E-state index in [0.717, 1.165) is 40.9 Å². The van der Waals surface area contributed by atoms with Crippen molar-refractivity contribution < 1.29 is 22.4 Å². The van der Waals surface area contributed by atoms with E-state index in [0.29, 0.717) is 25.9 Å². The number of carbonyl (C=O) groups excluding carboxylic acids is 1. The highest BCUT2D eigenvalue weighted by atomic mass is 32.2. The number of aromatic nitrogens is 2. The molecule has 2 unspecified atom stereocenters. The number of rotatable bonds is 5. The zero-order chi connectivity index (χ0) is 33.8. The summed E-state index contributed by atoms with van der Waals surface area (Å²) in [6, 6.07) is 12.8. The fourth-order valence-corrected chi connectivity index (χ4v) is 8.11. The van der Waals surface area contributed by atoms with Crippen LogP contribution in [0.3, 0.4) is 0 Å². The maximum Gasteiger partial charge on any atom is 0.410 e. The number of hydrogen-bond acceptors (Lipinski definition) is 7. The summed E-state index contributed by atoms with van der Waals surface area (Å²) in [6.07, 6.45) is 3.86. The van der Waals surface area contributed by atoms with Crippen molar-refractivity contribution in [3.8, 4) is 5.75 Å². The van der Waals surface area contributed by atoms with Gasteiger partial charge in [-0.15, -0.1) is 0 Å². The summed E-state index contributed by atoms with van der Waals surface area (Å²) in [4.78, 5) is 24.0. The quantitative estimate of drug-likeness (QED) is 0.201. The Balaban J connectivity index is 1.50. The smallest absolute Gasteiger partial charge is 0.410 e. The van der Waals surface area contributed by atoms with Crippen LogP contribution >= 0.6 is 0 Å². The maximum absolute atomic E-state index is 12.9. The predicted octanol–water partition coefficient (Wildman–Crippen LogP) is 8.05. The van der Waals surface area contributed by atoms with E-state index in [9.17, 15) is 13.2 Å². The van der Waals surface area contributed by atoms with Crippen LogP contribution in [0.5, 0.6) is 5.75 Å². The Bertz CT molecular complexity index is 1740. The van der Waals surface area contributed by atoms with Crippen LogP contribution in [0.15, 0.2) is 41.6 Å². The van der Waals surface area contributed by atoms with Gasteiger partial charge in [-0.25, -0.2) is 23.2 Å². The molecular weight excluding hydrogens is 615 g/mol. The highest BCUT2D eigenvalue weighted by Crippen LogP contribution is 2.44. The van der Waals surface area contributed by atoms with Crippen molar-refractivity contribution in [2.24, 2.45) is 5.92 Å². The van der Waals surface area contributed by atoms with Gasteiger partial charge in [0, 0.05) is 31.0 Å². The van der Waals surface area contributed by atoms with Gasteiger partial charge in [0.25, 0.3) is 0 Å². The summed E-state index contributed by atoms with van der Waals surface area (Å²) < 4.78 is 38.2. The van der Waals surface area contributed by atoms with Gasteiger partial charge in [-0.05, 0) is 110 Å². The van der Waals surface area contributed by atoms with Crippen LogP contribution in [-0.2, 0) is 27.4 Å². The molecule has 250 valence electrons. The molecule has 1 aliphatic carbocycles. The van der Waals surface area contributed by atoms with E-state index in [2.05, 4.69) is 77.2 Å². The Morgan fingerprint density at radius 1 is 1.02 bits per heavy atom. The molecule has 5 rings (SSSR count). The molecule has 0 saturated carbocycles. The minimum Gasteiger partial charge on any atom is -0.543 e. The van der Waals surface area contributed by atoms with Crippen LogP contribution in [0.4, 0.5) is 4.79 Å². The Hall–Kier alpha value is -2.98. The summed E-state index contributed by atoms with van der Waals surface area (Å²) in [5, 5.41) is 2.30. The van der Waals surface area contributed by atoms with Gasteiger partial charge in [-0.3, -0.25) is 0 Å². The number of benzene rings is 2. The lowest BCUT2D eigenvalue weighted by atomic mass is 9.76. The minimum absolute atomic E-state index is 0.0228. The molecule has 46 heavy (non-hydrogen) atoms. The average Bonchev–Trinajstić information content (AvgIpc) is 2.93. The number of nitrogens with zero attached hydrogens (tertiary/aromatic N) is 3. The third-order valence-electron chi connectivity index (χ3n) is 10.0. The number of amides is 1. The second-order valence-corrected chi connectivity index (χ2v) is 22.6. The van der Waals surface area contributed by atoms with Crippen molar-refractivity contribution in [3.05, 3.63) is 58.9 Å². The van der Waals surface area contributed by atoms with Crippen molar-refractivity contribution in [3.63, 3.8) is 0 Å². The van der Waals surface area contributed by atoms with Gasteiger partial charge in [-0.1, -0.05) is 52.0 Å². The second kappa shape index (κ2) is 12.2. The van der Waals surface area contributed by atoms with E-state index < -0.39 is 23.8 Å². The summed E-state index contributed by atoms with van der Waals surface area (Å²) in [6.45, 7) is 20.1. The van der Waals surface area contributed by atoms with E-state index in [-0.39, 0.29) is 34.0 Å². The van der Waals surface area contributed by atoms with E-state index in [1.165, 1.54) is 17.2 Å². The first-order chi connectivity index (χ1) is 21.2. The van der Waals surface area contributed by atoms with Gasteiger partial charge < -0.3 is 14.1 Å².